The van der Waals surface area contributed by atoms with Crippen molar-refractivity contribution < 1.29 is 26.8 Å². The summed E-state index contributed by atoms with van der Waals surface area (Å²) in [4.78, 5) is 3.97. The van der Waals surface area contributed by atoms with Crippen molar-refractivity contribution in [2.45, 2.75) is 24.9 Å². The maximum atomic E-state index is 13.2. The van der Waals surface area contributed by atoms with Gasteiger partial charge in [0.1, 0.15) is 5.82 Å². The molecule has 1 N–H and O–H groups in total. The average molecular weight is 356 g/mol. The second-order valence-electron chi connectivity index (χ2n) is 5.62. The van der Waals surface area contributed by atoms with Crippen LogP contribution in [0.4, 0.5) is 4.39 Å². The molecule has 1 aromatic heterocycles. The van der Waals surface area contributed by atoms with Gasteiger partial charge in [-0.05, 0) is 18.6 Å². The summed E-state index contributed by atoms with van der Waals surface area (Å²) in [5.41, 5.74) is 0.618. The van der Waals surface area contributed by atoms with Crippen molar-refractivity contribution in [2.24, 2.45) is 0 Å². The van der Waals surface area contributed by atoms with E-state index >= 15 is 0 Å². The van der Waals surface area contributed by atoms with E-state index in [0.717, 1.165) is 0 Å². The summed E-state index contributed by atoms with van der Waals surface area (Å²) in [6.45, 7) is 0.447. The first-order valence-corrected chi connectivity index (χ1v) is 8.96. The van der Waals surface area contributed by atoms with Gasteiger partial charge < -0.3 is 14.0 Å². The van der Waals surface area contributed by atoms with Crippen LogP contribution < -0.4 is 0 Å². The second kappa shape index (κ2) is 6.60. The topological polar surface area (TPSA) is 90.7 Å². The molecule has 1 aliphatic heterocycles. The first-order chi connectivity index (χ1) is 11.4. The van der Waals surface area contributed by atoms with E-state index in [1.54, 1.807) is 35.4 Å². The summed E-state index contributed by atoms with van der Waals surface area (Å²) in [5.74, 6) is -1.96. The quantitative estimate of drug-likeness (QED) is 0.790. The lowest BCUT2D eigenvalue weighted by Gasteiger charge is -2.29. The van der Waals surface area contributed by atoms with Gasteiger partial charge in [0.2, 0.25) is 5.79 Å². The Morgan fingerprint density at radius 2 is 2.12 bits per heavy atom. The summed E-state index contributed by atoms with van der Waals surface area (Å²) in [5, 5.41) is 0. The highest BCUT2D eigenvalue weighted by Crippen LogP contribution is 2.37. The standard InChI is InChI=1S/C15H17FN2O5S/c16-13-3-1-12(2-4-13)15(10-18-7-6-17-11-18)22-9-14(23-15)5-8-24(19,20)21/h1-4,6-7,11,14H,5,8-10H2,(H,19,20,21). The summed E-state index contributed by atoms with van der Waals surface area (Å²) in [7, 11) is -4.07. The van der Waals surface area contributed by atoms with Gasteiger partial charge in [0.05, 0.1) is 31.3 Å². The Morgan fingerprint density at radius 1 is 1.38 bits per heavy atom. The zero-order valence-corrected chi connectivity index (χ0v) is 13.5. The molecular formula is C15H17FN2O5S. The number of hydrogen-bond acceptors (Lipinski definition) is 5. The Kier molecular flexibility index (Phi) is 4.68. The smallest absolute Gasteiger partial charge is 0.264 e. The summed E-state index contributed by atoms with van der Waals surface area (Å²) < 4.78 is 57.5. The van der Waals surface area contributed by atoms with Crippen LogP contribution in [0.5, 0.6) is 0 Å². The van der Waals surface area contributed by atoms with E-state index in [9.17, 15) is 12.8 Å². The van der Waals surface area contributed by atoms with Gasteiger partial charge in [0, 0.05) is 18.0 Å². The van der Waals surface area contributed by atoms with E-state index in [1.807, 2.05) is 0 Å². The van der Waals surface area contributed by atoms with Crippen LogP contribution in [0.15, 0.2) is 43.0 Å². The Morgan fingerprint density at radius 3 is 2.75 bits per heavy atom. The fourth-order valence-electron chi connectivity index (χ4n) is 2.64. The van der Waals surface area contributed by atoms with Gasteiger partial charge in [-0.25, -0.2) is 9.37 Å². The molecule has 0 bridgehead atoms. The van der Waals surface area contributed by atoms with Crippen molar-refractivity contribution in [2.75, 3.05) is 12.4 Å². The third-order valence-corrected chi connectivity index (χ3v) is 4.54. The molecule has 130 valence electrons. The van der Waals surface area contributed by atoms with Crippen LogP contribution >= 0.6 is 0 Å². The first-order valence-electron chi connectivity index (χ1n) is 7.35. The van der Waals surface area contributed by atoms with Crippen LogP contribution in [0.2, 0.25) is 0 Å². The van der Waals surface area contributed by atoms with Crippen LogP contribution in [0.1, 0.15) is 12.0 Å². The molecule has 0 aliphatic carbocycles. The highest BCUT2D eigenvalue weighted by atomic mass is 32.2. The highest BCUT2D eigenvalue weighted by molar-refractivity contribution is 7.85. The van der Waals surface area contributed by atoms with Crippen molar-refractivity contribution >= 4 is 10.1 Å². The minimum atomic E-state index is -4.07. The third kappa shape index (κ3) is 3.99. The SMILES string of the molecule is O=S(=O)(O)CCC1COC(Cn2ccnc2)(c2ccc(F)cc2)O1. The number of rotatable bonds is 6. The van der Waals surface area contributed by atoms with Gasteiger partial charge in [-0.15, -0.1) is 0 Å². The van der Waals surface area contributed by atoms with Gasteiger partial charge in [0.25, 0.3) is 10.1 Å². The van der Waals surface area contributed by atoms with Crippen molar-refractivity contribution in [1.82, 2.24) is 9.55 Å². The summed E-state index contributed by atoms with van der Waals surface area (Å²) in [6.07, 6.45) is 4.56. The lowest BCUT2D eigenvalue weighted by atomic mass is 10.1. The van der Waals surface area contributed by atoms with Crippen molar-refractivity contribution in [3.63, 3.8) is 0 Å². The lowest BCUT2D eigenvalue weighted by Crippen LogP contribution is -2.33. The maximum absolute atomic E-state index is 13.2. The normalized spacial score (nSPS) is 24.3. The van der Waals surface area contributed by atoms with Crippen LogP contribution in [-0.2, 0) is 31.9 Å². The predicted molar refractivity (Wildman–Crippen MR) is 82.2 cm³/mol. The number of halogens is 1. The fraction of sp³-hybridized carbons (Fsp3) is 0.400. The molecule has 1 aromatic carbocycles. The Balaban J connectivity index is 1.82. The Labute approximate surface area is 138 Å². The molecule has 0 amide bonds. The molecule has 9 heteroatoms. The number of hydrogen-bond donors (Lipinski definition) is 1. The second-order valence-corrected chi connectivity index (χ2v) is 7.19. The zero-order chi connectivity index (χ0) is 17.2. The van der Waals surface area contributed by atoms with Gasteiger partial charge >= 0.3 is 0 Å². The maximum Gasteiger partial charge on any atom is 0.264 e. The number of ether oxygens (including phenoxy) is 2. The fourth-order valence-corrected chi connectivity index (χ4v) is 3.20. The molecule has 2 atom stereocenters. The third-order valence-electron chi connectivity index (χ3n) is 3.79. The Bertz CT molecular complexity index is 779. The average Bonchev–Trinajstić information content (AvgIpc) is 3.16. The van der Waals surface area contributed by atoms with E-state index in [1.165, 1.54) is 12.1 Å². The van der Waals surface area contributed by atoms with E-state index in [2.05, 4.69) is 4.98 Å². The highest BCUT2D eigenvalue weighted by Gasteiger charge is 2.43. The molecule has 2 heterocycles. The molecule has 7 nitrogen and oxygen atoms in total. The van der Waals surface area contributed by atoms with Gasteiger partial charge in [-0.3, -0.25) is 4.55 Å². The molecule has 1 aliphatic rings. The van der Waals surface area contributed by atoms with Crippen molar-refractivity contribution in [1.29, 1.82) is 0 Å². The molecular weight excluding hydrogens is 339 g/mol. The monoisotopic (exact) mass is 356 g/mol. The van der Waals surface area contributed by atoms with Crippen LogP contribution in [0.25, 0.3) is 0 Å². The van der Waals surface area contributed by atoms with Crippen LogP contribution in [0, 0.1) is 5.82 Å². The van der Waals surface area contributed by atoms with Gasteiger partial charge in [-0.2, -0.15) is 8.42 Å². The molecule has 1 saturated heterocycles. The van der Waals surface area contributed by atoms with Crippen molar-refractivity contribution in [3.8, 4) is 0 Å². The number of imidazole rings is 1. The molecule has 24 heavy (non-hydrogen) atoms. The lowest BCUT2D eigenvalue weighted by molar-refractivity contribution is -0.187. The molecule has 1 fully saturated rings. The van der Waals surface area contributed by atoms with Crippen molar-refractivity contribution in [3.05, 3.63) is 54.4 Å². The van der Waals surface area contributed by atoms with Crippen LogP contribution in [-0.4, -0.2) is 41.0 Å². The first kappa shape index (κ1) is 17.0. The predicted octanol–water partition coefficient (Wildman–Crippen LogP) is 1.57. The summed E-state index contributed by atoms with van der Waals surface area (Å²) in [6, 6.07) is 5.75. The minimum Gasteiger partial charge on any atom is -0.342 e. The molecule has 0 spiro atoms. The largest absolute Gasteiger partial charge is 0.342 e. The minimum absolute atomic E-state index is 0.103. The van der Waals surface area contributed by atoms with E-state index < -0.39 is 27.8 Å². The number of nitrogens with zero attached hydrogens (tertiary/aromatic N) is 2. The molecule has 3 rings (SSSR count). The van der Waals surface area contributed by atoms with Crippen LogP contribution in [0.3, 0.4) is 0 Å². The molecule has 0 radical (unpaired) electrons. The van der Waals surface area contributed by atoms with E-state index in [4.69, 9.17) is 14.0 Å². The van der Waals surface area contributed by atoms with E-state index in [-0.39, 0.29) is 25.4 Å². The number of benzene rings is 1. The Hall–Kier alpha value is -1.81. The molecule has 2 aromatic rings. The van der Waals surface area contributed by atoms with E-state index in [0.29, 0.717) is 5.56 Å². The summed E-state index contributed by atoms with van der Waals surface area (Å²) >= 11 is 0. The zero-order valence-electron chi connectivity index (χ0n) is 12.7. The molecule has 0 saturated carbocycles. The van der Waals surface area contributed by atoms with Gasteiger partial charge in [-0.1, -0.05) is 12.1 Å². The number of aromatic nitrogens is 2. The molecule has 2 unspecified atom stereocenters. The van der Waals surface area contributed by atoms with Gasteiger partial charge in [0.15, 0.2) is 0 Å².